The van der Waals surface area contributed by atoms with E-state index < -0.39 is 58.3 Å². The van der Waals surface area contributed by atoms with E-state index in [0.29, 0.717) is 28.6 Å². The van der Waals surface area contributed by atoms with Crippen molar-refractivity contribution >= 4 is 63.4 Å². The lowest BCUT2D eigenvalue weighted by Gasteiger charge is -2.48. The summed E-state index contributed by atoms with van der Waals surface area (Å²) >= 11 is 3.91. The highest BCUT2D eigenvalue weighted by Crippen LogP contribution is 2.51. The molecule has 0 aliphatic heterocycles. The third kappa shape index (κ3) is 3.94. The minimum absolute atomic E-state index is 0.0866. The van der Waals surface area contributed by atoms with E-state index >= 15 is 0 Å². The van der Waals surface area contributed by atoms with Gasteiger partial charge in [-0.1, -0.05) is 19.3 Å². The number of halogens is 1. The number of amides is 1. The van der Waals surface area contributed by atoms with Crippen molar-refractivity contribution in [3.8, 4) is 5.75 Å². The van der Waals surface area contributed by atoms with Crippen LogP contribution in [0.2, 0.25) is 0 Å². The summed E-state index contributed by atoms with van der Waals surface area (Å²) in [4.78, 5) is 64.5. The van der Waals surface area contributed by atoms with Crippen molar-refractivity contribution in [1.82, 2.24) is 0 Å². The molecule has 36 heavy (non-hydrogen) atoms. The van der Waals surface area contributed by atoms with Crippen LogP contribution >= 0.6 is 34.4 Å². The number of fused-ring (bicyclic) bond motifs is 3. The number of rotatable bonds is 4. The second-order valence-corrected chi connectivity index (χ2v) is 13.0. The summed E-state index contributed by atoms with van der Waals surface area (Å²) in [6.45, 7) is 0. The van der Waals surface area contributed by atoms with E-state index in [2.05, 4.69) is 22.6 Å². The minimum Gasteiger partial charge on any atom is -0.507 e. The van der Waals surface area contributed by atoms with Gasteiger partial charge in [0, 0.05) is 32.5 Å². The number of primary amides is 1. The fraction of sp³-hybridized carbons (Fsp3) is 0.577. The molecule has 0 radical (unpaired) electrons. The van der Waals surface area contributed by atoms with Crippen LogP contribution in [0.3, 0.4) is 0 Å². The van der Waals surface area contributed by atoms with Gasteiger partial charge in [0.2, 0.25) is 5.91 Å². The Kier molecular flexibility index (Phi) is 6.82. The Bertz CT molecular complexity index is 1190. The van der Waals surface area contributed by atoms with Crippen LogP contribution in [-0.4, -0.2) is 50.1 Å². The van der Waals surface area contributed by atoms with Crippen LogP contribution in [0, 0.1) is 27.2 Å². The van der Waals surface area contributed by atoms with Crippen LogP contribution in [0.5, 0.6) is 5.75 Å². The first kappa shape index (κ1) is 25.8. The van der Waals surface area contributed by atoms with Gasteiger partial charge in [0.15, 0.2) is 34.7 Å². The molecule has 1 aromatic rings. The number of carbonyl (C=O) groups is 5. The van der Waals surface area contributed by atoms with Gasteiger partial charge in [-0.15, -0.1) is 0 Å². The summed E-state index contributed by atoms with van der Waals surface area (Å²) in [5, 5.41) is 23.0. The quantitative estimate of drug-likeness (QED) is 0.341. The third-order valence-electron chi connectivity index (χ3n) is 8.45. The van der Waals surface area contributed by atoms with Crippen molar-refractivity contribution in [2.45, 2.75) is 68.0 Å². The number of aromatic hydroxyl groups is 1. The minimum atomic E-state index is -2.61. The van der Waals surface area contributed by atoms with Crippen LogP contribution in [0.25, 0.3) is 0 Å². The second kappa shape index (κ2) is 9.50. The Morgan fingerprint density at radius 1 is 1.11 bits per heavy atom. The SMILES string of the molecule is NC(=O)C1C(=O)CC2CC3Cc4c(I)cc(CSC5CCCCC5)c(O)c4C(=O)C3C(=O)C2(O)C1=O. The lowest BCUT2D eigenvalue weighted by Crippen LogP contribution is -2.68. The summed E-state index contributed by atoms with van der Waals surface area (Å²) in [6, 6.07) is 1.89. The van der Waals surface area contributed by atoms with Gasteiger partial charge in [-0.2, -0.15) is 11.8 Å². The number of carbonyl (C=O) groups excluding carboxylic acids is 5. The normalized spacial score (nSPS) is 32.6. The van der Waals surface area contributed by atoms with Crippen LogP contribution < -0.4 is 5.73 Å². The molecule has 0 spiro atoms. The van der Waals surface area contributed by atoms with Crippen molar-refractivity contribution in [2.75, 3.05) is 0 Å². The Morgan fingerprint density at radius 3 is 2.47 bits per heavy atom. The zero-order valence-electron chi connectivity index (χ0n) is 19.6. The molecule has 1 amide bonds. The average Bonchev–Trinajstić information content (AvgIpc) is 2.83. The fourth-order valence-electron chi connectivity index (χ4n) is 6.59. The number of aliphatic hydroxyl groups is 1. The number of phenolic OH excluding ortho intramolecular Hbond substituents is 1. The second-order valence-electron chi connectivity index (χ2n) is 10.5. The highest BCUT2D eigenvalue weighted by molar-refractivity contribution is 14.1. The average molecular weight is 625 g/mol. The Morgan fingerprint density at radius 2 is 1.81 bits per heavy atom. The van der Waals surface area contributed by atoms with Gasteiger partial charge >= 0.3 is 0 Å². The smallest absolute Gasteiger partial charge is 0.235 e. The number of benzene rings is 1. The predicted octanol–water partition coefficient (Wildman–Crippen LogP) is 2.50. The van der Waals surface area contributed by atoms with Gasteiger partial charge in [0.25, 0.3) is 0 Å². The van der Waals surface area contributed by atoms with E-state index in [9.17, 15) is 34.2 Å². The molecule has 3 fully saturated rings. The Labute approximate surface area is 226 Å². The van der Waals surface area contributed by atoms with E-state index in [1.807, 2.05) is 6.07 Å². The number of nitrogens with two attached hydrogens (primary N) is 1. The molecular formula is C26H28INO7S. The van der Waals surface area contributed by atoms with Crippen molar-refractivity contribution in [3.63, 3.8) is 0 Å². The lowest BCUT2D eigenvalue weighted by atomic mass is 9.54. The molecule has 8 nitrogen and oxygen atoms in total. The summed E-state index contributed by atoms with van der Waals surface area (Å²) in [6.07, 6.45) is 5.99. The molecular weight excluding hydrogens is 597 g/mol. The number of thioether (sulfide) groups is 1. The molecule has 4 N–H and O–H groups in total. The number of hydrogen-bond acceptors (Lipinski definition) is 8. The standard InChI is InChI=1S/C26H28INO7S/c27-16-8-12(10-36-14-4-2-1-3-5-14)21(30)19-15(16)7-11-6-13-9-17(29)20(25(28)34)24(33)26(13,35)23(32)18(11)22(19)31/h8,11,13-14,18,20,30,35H,1-7,9-10H2,(H2,28,34). The van der Waals surface area contributed by atoms with Crippen LogP contribution in [0.1, 0.15) is 66.4 Å². The summed E-state index contributed by atoms with van der Waals surface area (Å²) in [7, 11) is 0. The van der Waals surface area contributed by atoms with Crippen molar-refractivity contribution < 1.29 is 34.2 Å². The first-order valence-corrected chi connectivity index (χ1v) is 14.5. The zero-order valence-corrected chi connectivity index (χ0v) is 22.6. The Hall–Kier alpha value is -1.79. The topological polar surface area (TPSA) is 152 Å². The number of Topliss-reactive ketones (excluding diaryl/α,β-unsaturated/α-hetero) is 4. The van der Waals surface area contributed by atoms with Gasteiger partial charge in [0.1, 0.15) is 5.75 Å². The van der Waals surface area contributed by atoms with Gasteiger partial charge in [-0.3, -0.25) is 24.0 Å². The van der Waals surface area contributed by atoms with E-state index in [-0.39, 0.29) is 24.2 Å². The maximum atomic E-state index is 13.7. The van der Waals surface area contributed by atoms with Crippen LogP contribution in [0.15, 0.2) is 6.07 Å². The van der Waals surface area contributed by atoms with Gasteiger partial charge in [0.05, 0.1) is 11.5 Å². The summed E-state index contributed by atoms with van der Waals surface area (Å²) in [5.74, 6) is -9.07. The largest absolute Gasteiger partial charge is 0.507 e. The molecule has 4 aliphatic rings. The van der Waals surface area contributed by atoms with Gasteiger partial charge in [-0.05, 0) is 65.8 Å². The molecule has 5 rings (SSSR count). The monoisotopic (exact) mass is 625 g/mol. The Balaban J connectivity index is 1.48. The highest BCUT2D eigenvalue weighted by Gasteiger charge is 2.66. The van der Waals surface area contributed by atoms with Crippen LogP contribution in [-0.2, 0) is 31.4 Å². The number of ketones is 4. The number of hydrogen-bond donors (Lipinski definition) is 3. The van der Waals surface area contributed by atoms with Crippen molar-refractivity contribution in [3.05, 3.63) is 26.3 Å². The molecule has 10 heteroatoms. The van der Waals surface area contributed by atoms with Crippen molar-refractivity contribution in [2.24, 2.45) is 29.4 Å². The third-order valence-corrected chi connectivity index (χ3v) is 10.8. The molecule has 0 saturated heterocycles. The molecule has 5 unspecified atom stereocenters. The number of phenols is 1. The molecule has 0 bridgehead atoms. The van der Waals surface area contributed by atoms with Gasteiger partial charge in [-0.25, -0.2) is 0 Å². The fourth-order valence-corrected chi connectivity index (χ4v) is 8.76. The van der Waals surface area contributed by atoms with Crippen molar-refractivity contribution in [1.29, 1.82) is 0 Å². The zero-order chi connectivity index (χ0) is 25.9. The molecule has 3 saturated carbocycles. The van der Waals surface area contributed by atoms with E-state index in [1.54, 1.807) is 11.8 Å². The first-order chi connectivity index (χ1) is 17.1. The van der Waals surface area contributed by atoms with E-state index in [0.717, 1.165) is 16.4 Å². The predicted molar refractivity (Wildman–Crippen MR) is 139 cm³/mol. The maximum Gasteiger partial charge on any atom is 0.235 e. The molecule has 192 valence electrons. The first-order valence-electron chi connectivity index (χ1n) is 12.4. The molecule has 4 aliphatic carbocycles. The lowest BCUT2D eigenvalue weighted by molar-refractivity contribution is -0.175. The molecule has 0 heterocycles. The van der Waals surface area contributed by atoms with E-state index in [1.165, 1.54) is 19.3 Å². The van der Waals surface area contributed by atoms with Gasteiger partial charge < -0.3 is 15.9 Å². The summed E-state index contributed by atoms with van der Waals surface area (Å²) < 4.78 is 0.823. The van der Waals surface area contributed by atoms with Crippen LogP contribution in [0.4, 0.5) is 0 Å². The van der Waals surface area contributed by atoms with E-state index in [4.69, 9.17) is 5.73 Å². The highest BCUT2D eigenvalue weighted by atomic mass is 127. The summed E-state index contributed by atoms with van der Waals surface area (Å²) in [5.41, 5.74) is 3.99. The molecule has 1 aromatic carbocycles. The maximum absolute atomic E-state index is 13.7. The molecule has 0 aromatic heterocycles. The molecule has 5 atom stereocenters.